The Bertz CT molecular complexity index is 655. The summed E-state index contributed by atoms with van der Waals surface area (Å²) in [6.07, 6.45) is 4.86. The molecular weight excluding hydrogens is 318 g/mol. The summed E-state index contributed by atoms with van der Waals surface area (Å²) in [6.45, 7) is 4.11. The van der Waals surface area contributed by atoms with E-state index in [9.17, 15) is 0 Å². The van der Waals surface area contributed by atoms with Crippen molar-refractivity contribution in [3.63, 3.8) is 0 Å². The van der Waals surface area contributed by atoms with Crippen molar-refractivity contribution in [1.29, 1.82) is 0 Å². The first-order valence-corrected chi connectivity index (χ1v) is 7.38. The SMILES string of the molecule is Cc1cc(-c2noc(C3C=CC(N)C3)n2)cc(C)c1Br. The number of aromatic nitrogens is 2. The fourth-order valence-corrected chi connectivity index (χ4v) is 2.72. The van der Waals surface area contributed by atoms with Crippen LogP contribution in [0.1, 0.15) is 29.4 Å². The van der Waals surface area contributed by atoms with Crippen molar-refractivity contribution in [3.05, 3.63) is 45.8 Å². The van der Waals surface area contributed by atoms with Gasteiger partial charge in [-0.05, 0) is 43.5 Å². The first-order valence-electron chi connectivity index (χ1n) is 6.59. The van der Waals surface area contributed by atoms with Crippen LogP contribution < -0.4 is 5.73 Å². The van der Waals surface area contributed by atoms with Gasteiger partial charge >= 0.3 is 0 Å². The number of halogens is 1. The summed E-state index contributed by atoms with van der Waals surface area (Å²) in [4.78, 5) is 4.51. The average molecular weight is 334 g/mol. The number of nitrogens with zero attached hydrogens (tertiary/aromatic N) is 2. The molecule has 1 heterocycles. The predicted molar refractivity (Wildman–Crippen MR) is 81.4 cm³/mol. The summed E-state index contributed by atoms with van der Waals surface area (Å²) in [5, 5.41) is 4.09. The number of rotatable bonds is 2. The molecule has 0 fully saturated rings. The molecule has 2 N–H and O–H groups in total. The highest BCUT2D eigenvalue weighted by Crippen LogP contribution is 2.30. The fourth-order valence-electron chi connectivity index (χ4n) is 2.49. The third kappa shape index (κ3) is 2.43. The Morgan fingerprint density at radius 1 is 1.25 bits per heavy atom. The number of nitrogens with two attached hydrogens (primary N) is 1. The van der Waals surface area contributed by atoms with Crippen LogP contribution in [0.3, 0.4) is 0 Å². The van der Waals surface area contributed by atoms with Gasteiger partial charge < -0.3 is 10.3 Å². The maximum absolute atomic E-state index is 5.85. The van der Waals surface area contributed by atoms with Gasteiger partial charge in [-0.3, -0.25) is 0 Å². The maximum atomic E-state index is 5.85. The van der Waals surface area contributed by atoms with Crippen LogP contribution in [0.15, 0.2) is 33.3 Å². The summed E-state index contributed by atoms with van der Waals surface area (Å²) >= 11 is 3.56. The molecule has 1 aliphatic carbocycles. The fraction of sp³-hybridized carbons (Fsp3) is 0.333. The van der Waals surface area contributed by atoms with Gasteiger partial charge in [-0.1, -0.05) is 33.2 Å². The highest BCUT2D eigenvalue weighted by atomic mass is 79.9. The molecule has 0 bridgehead atoms. The summed E-state index contributed by atoms with van der Waals surface area (Å²) in [6, 6.07) is 4.21. The molecule has 0 amide bonds. The van der Waals surface area contributed by atoms with Crippen molar-refractivity contribution in [2.45, 2.75) is 32.2 Å². The molecule has 0 spiro atoms. The quantitative estimate of drug-likeness (QED) is 0.854. The molecule has 0 aliphatic heterocycles. The molecule has 1 aromatic carbocycles. The Morgan fingerprint density at radius 3 is 2.55 bits per heavy atom. The zero-order chi connectivity index (χ0) is 14.3. The van der Waals surface area contributed by atoms with Crippen LogP contribution >= 0.6 is 15.9 Å². The number of hydrogen-bond acceptors (Lipinski definition) is 4. The largest absolute Gasteiger partial charge is 0.338 e. The number of allylic oxidation sites excluding steroid dienone is 1. The monoisotopic (exact) mass is 333 g/mol. The van der Waals surface area contributed by atoms with Crippen molar-refractivity contribution < 1.29 is 4.52 Å². The molecular formula is C15H16BrN3O. The molecule has 20 heavy (non-hydrogen) atoms. The third-order valence-electron chi connectivity index (χ3n) is 3.57. The van der Waals surface area contributed by atoms with Crippen LogP contribution in [0.5, 0.6) is 0 Å². The molecule has 0 saturated heterocycles. The van der Waals surface area contributed by atoms with Crippen LogP contribution in [0.4, 0.5) is 0 Å². The zero-order valence-electron chi connectivity index (χ0n) is 11.4. The smallest absolute Gasteiger partial charge is 0.233 e. The van der Waals surface area contributed by atoms with Crippen LogP contribution in [-0.2, 0) is 0 Å². The van der Waals surface area contributed by atoms with Gasteiger partial charge in [0.1, 0.15) is 0 Å². The molecule has 2 atom stereocenters. The molecule has 3 rings (SSSR count). The van der Waals surface area contributed by atoms with E-state index < -0.39 is 0 Å². The summed E-state index contributed by atoms with van der Waals surface area (Å²) in [5.41, 5.74) is 9.15. The number of benzene rings is 1. The van der Waals surface area contributed by atoms with E-state index in [0.29, 0.717) is 11.7 Å². The molecule has 2 unspecified atom stereocenters. The van der Waals surface area contributed by atoms with Crippen molar-refractivity contribution in [3.8, 4) is 11.4 Å². The van der Waals surface area contributed by atoms with E-state index in [2.05, 4.69) is 52.1 Å². The van der Waals surface area contributed by atoms with E-state index in [0.717, 1.165) is 27.6 Å². The van der Waals surface area contributed by atoms with Crippen LogP contribution in [0.25, 0.3) is 11.4 Å². The predicted octanol–water partition coefficient (Wildman–Crippen LogP) is 3.49. The minimum atomic E-state index is 0.0903. The van der Waals surface area contributed by atoms with E-state index in [1.807, 2.05) is 12.2 Å². The van der Waals surface area contributed by atoms with Gasteiger partial charge in [-0.25, -0.2) is 0 Å². The van der Waals surface area contributed by atoms with Crippen LogP contribution in [0.2, 0.25) is 0 Å². The van der Waals surface area contributed by atoms with Crippen molar-refractivity contribution in [2.75, 3.05) is 0 Å². The standard InChI is InChI=1S/C15H16BrN3O/c1-8-5-11(6-9(2)13(8)16)14-18-15(20-19-14)10-3-4-12(17)7-10/h3-6,10,12H,7,17H2,1-2H3. The first kappa shape index (κ1) is 13.5. The van der Waals surface area contributed by atoms with Gasteiger partial charge in [0.15, 0.2) is 0 Å². The minimum absolute atomic E-state index is 0.0903. The van der Waals surface area contributed by atoms with E-state index in [-0.39, 0.29) is 12.0 Å². The lowest BCUT2D eigenvalue weighted by Gasteiger charge is -2.05. The highest BCUT2D eigenvalue weighted by Gasteiger charge is 2.23. The Balaban J connectivity index is 1.92. The van der Waals surface area contributed by atoms with E-state index in [1.54, 1.807) is 0 Å². The number of aryl methyl sites for hydroxylation is 2. The minimum Gasteiger partial charge on any atom is -0.338 e. The van der Waals surface area contributed by atoms with Crippen LogP contribution in [-0.4, -0.2) is 16.2 Å². The molecule has 0 radical (unpaired) electrons. The highest BCUT2D eigenvalue weighted by molar-refractivity contribution is 9.10. The summed E-state index contributed by atoms with van der Waals surface area (Å²) in [7, 11) is 0. The molecule has 1 aliphatic rings. The lowest BCUT2D eigenvalue weighted by atomic mass is 10.1. The molecule has 4 nitrogen and oxygen atoms in total. The second-order valence-corrected chi connectivity index (χ2v) is 6.06. The summed E-state index contributed by atoms with van der Waals surface area (Å²) < 4.78 is 6.50. The maximum Gasteiger partial charge on any atom is 0.233 e. The average Bonchev–Trinajstić information content (AvgIpc) is 3.03. The van der Waals surface area contributed by atoms with Gasteiger partial charge in [0.2, 0.25) is 11.7 Å². The lowest BCUT2D eigenvalue weighted by Crippen LogP contribution is -2.14. The topological polar surface area (TPSA) is 64.9 Å². The van der Waals surface area contributed by atoms with Crippen LogP contribution in [0, 0.1) is 13.8 Å². The van der Waals surface area contributed by atoms with E-state index in [4.69, 9.17) is 10.3 Å². The van der Waals surface area contributed by atoms with E-state index >= 15 is 0 Å². The Morgan fingerprint density at radius 2 is 1.95 bits per heavy atom. The second-order valence-electron chi connectivity index (χ2n) is 5.27. The number of hydrogen-bond donors (Lipinski definition) is 1. The Hall–Kier alpha value is -1.46. The van der Waals surface area contributed by atoms with E-state index in [1.165, 1.54) is 0 Å². The van der Waals surface area contributed by atoms with Gasteiger partial charge in [0.25, 0.3) is 0 Å². The van der Waals surface area contributed by atoms with Gasteiger partial charge in [-0.15, -0.1) is 0 Å². The Labute approximate surface area is 126 Å². The molecule has 1 aromatic heterocycles. The first-order chi connectivity index (χ1) is 9.54. The lowest BCUT2D eigenvalue weighted by molar-refractivity contribution is 0.365. The molecule has 2 aromatic rings. The van der Waals surface area contributed by atoms with Gasteiger partial charge in [-0.2, -0.15) is 4.98 Å². The van der Waals surface area contributed by atoms with Crippen molar-refractivity contribution in [1.82, 2.24) is 10.1 Å². The third-order valence-corrected chi connectivity index (χ3v) is 4.82. The zero-order valence-corrected chi connectivity index (χ0v) is 13.0. The normalized spacial score (nSPS) is 21.6. The van der Waals surface area contributed by atoms with Gasteiger partial charge in [0, 0.05) is 16.1 Å². The Kier molecular flexibility index (Phi) is 3.48. The summed E-state index contributed by atoms with van der Waals surface area (Å²) in [5.74, 6) is 1.42. The molecule has 104 valence electrons. The molecule has 0 saturated carbocycles. The van der Waals surface area contributed by atoms with Crippen molar-refractivity contribution >= 4 is 15.9 Å². The second kappa shape index (κ2) is 5.14. The molecule has 5 heteroatoms. The van der Waals surface area contributed by atoms with Crippen molar-refractivity contribution in [2.24, 2.45) is 5.73 Å². The van der Waals surface area contributed by atoms with Gasteiger partial charge in [0.05, 0.1) is 5.92 Å².